The van der Waals surface area contributed by atoms with Crippen LogP contribution >= 0.6 is 0 Å². The van der Waals surface area contributed by atoms with Crippen molar-refractivity contribution in [3.63, 3.8) is 0 Å². The zero-order chi connectivity index (χ0) is 40.3. The quantitative estimate of drug-likeness (QED) is 0.161. The van der Waals surface area contributed by atoms with Crippen molar-refractivity contribution >= 4 is 71.6 Å². The molecular weight excluding hydrogens is 741 g/mol. The molecule has 0 bridgehead atoms. The topological polar surface area (TPSA) is 21.3 Å². The summed E-state index contributed by atoms with van der Waals surface area (Å²) in [6.07, 6.45) is 0. The van der Waals surface area contributed by atoms with Gasteiger partial charge in [-0.3, -0.25) is 0 Å². The fourth-order valence-electron chi connectivity index (χ4n) is 9.30. The second-order valence-corrected chi connectivity index (χ2v) is 15.7. The predicted molar refractivity (Wildman–Crippen MR) is 257 cm³/mol. The van der Waals surface area contributed by atoms with Crippen LogP contribution in [0, 0.1) is 0 Å². The Kier molecular flexibility index (Phi) is 8.17. The first-order valence-electron chi connectivity index (χ1n) is 20.8. The van der Waals surface area contributed by atoms with Gasteiger partial charge in [-0.05, 0) is 105 Å². The highest BCUT2D eigenvalue weighted by atomic mass is 16.3. The maximum Gasteiger partial charge on any atom is 0.143 e. The van der Waals surface area contributed by atoms with Crippen molar-refractivity contribution in [2.24, 2.45) is 0 Å². The number of aromatic nitrogens is 1. The Labute approximate surface area is 353 Å². The molecule has 3 heteroatoms. The van der Waals surface area contributed by atoms with Gasteiger partial charge in [0.2, 0.25) is 0 Å². The standard InChI is InChI=1S/C58H38N2O/c1-3-14-41(15-4-1)50-21-11-22-52-51-36-35-48(38-56(51)61-58(50)52)59(46-31-27-40(28-32-46)44-26-25-39-13-7-8-16-43(39)37-44)47-33-29-42(30-34-47)49-20-12-24-55-57(49)53-19-9-10-23-54(53)60(55)45-17-5-2-6-18-45/h1-38H. The van der Waals surface area contributed by atoms with E-state index < -0.39 is 0 Å². The van der Waals surface area contributed by atoms with E-state index in [0.29, 0.717) is 0 Å². The summed E-state index contributed by atoms with van der Waals surface area (Å²) in [4.78, 5) is 2.33. The van der Waals surface area contributed by atoms with E-state index >= 15 is 0 Å². The van der Waals surface area contributed by atoms with Crippen LogP contribution in [0.2, 0.25) is 0 Å². The minimum atomic E-state index is 0.853. The molecule has 12 rings (SSSR count). The summed E-state index contributed by atoms with van der Waals surface area (Å²) >= 11 is 0. The maximum atomic E-state index is 6.77. The number of benzene rings is 10. The van der Waals surface area contributed by atoms with E-state index in [4.69, 9.17) is 4.42 Å². The number of fused-ring (bicyclic) bond motifs is 7. The highest BCUT2D eigenvalue weighted by Crippen LogP contribution is 2.43. The molecule has 10 aromatic carbocycles. The lowest BCUT2D eigenvalue weighted by Gasteiger charge is -2.26. The van der Waals surface area contributed by atoms with Gasteiger partial charge in [0.25, 0.3) is 0 Å². The van der Waals surface area contributed by atoms with Crippen LogP contribution < -0.4 is 4.90 Å². The molecule has 0 saturated carbocycles. The van der Waals surface area contributed by atoms with Crippen molar-refractivity contribution in [1.82, 2.24) is 4.57 Å². The van der Waals surface area contributed by atoms with Crippen LogP contribution in [0.1, 0.15) is 0 Å². The summed E-state index contributed by atoms with van der Waals surface area (Å²) in [5, 5.41) is 7.18. The minimum absolute atomic E-state index is 0.853. The average molecular weight is 779 g/mol. The third-order valence-electron chi connectivity index (χ3n) is 12.2. The summed E-state index contributed by atoms with van der Waals surface area (Å²) in [7, 11) is 0. The summed E-state index contributed by atoms with van der Waals surface area (Å²) in [6, 6.07) is 82.8. The molecule has 2 aromatic heterocycles. The van der Waals surface area contributed by atoms with Gasteiger partial charge in [-0.15, -0.1) is 0 Å². The molecule has 0 radical (unpaired) electrons. The van der Waals surface area contributed by atoms with E-state index in [1.54, 1.807) is 0 Å². The molecule has 12 aromatic rings. The molecule has 61 heavy (non-hydrogen) atoms. The third kappa shape index (κ3) is 5.90. The Balaban J connectivity index is 0.989. The Bertz CT molecular complexity index is 3560. The maximum absolute atomic E-state index is 6.77. The molecule has 0 saturated heterocycles. The van der Waals surface area contributed by atoms with Gasteiger partial charge in [-0.2, -0.15) is 0 Å². The molecule has 286 valence electrons. The number of nitrogens with zero attached hydrogens (tertiary/aromatic N) is 2. The van der Waals surface area contributed by atoms with E-state index in [2.05, 4.69) is 240 Å². The first-order chi connectivity index (χ1) is 30.2. The molecular formula is C58H38N2O. The SMILES string of the molecule is c1ccc(-c2cccc3c2oc2cc(N(c4ccc(-c5ccc6ccccc6c5)cc4)c4ccc(-c5cccc6c5c5ccccc5n6-c5ccccc5)cc4)ccc23)cc1. The Morgan fingerprint density at radius 3 is 1.74 bits per heavy atom. The van der Waals surface area contributed by atoms with E-state index in [0.717, 1.165) is 61.4 Å². The van der Waals surface area contributed by atoms with Crippen LogP contribution in [0.25, 0.3) is 93.6 Å². The normalized spacial score (nSPS) is 11.6. The van der Waals surface area contributed by atoms with Gasteiger partial charge in [0.15, 0.2) is 0 Å². The zero-order valence-corrected chi connectivity index (χ0v) is 33.2. The second-order valence-electron chi connectivity index (χ2n) is 15.7. The molecule has 3 nitrogen and oxygen atoms in total. The van der Waals surface area contributed by atoms with Gasteiger partial charge in [0, 0.05) is 55.9 Å². The number of furan rings is 1. The first kappa shape index (κ1) is 34.9. The van der Waals surface area contributed by atoms with Crippen molar-refractivity contribution < 1.29 is 4.42 Å². The molecule has 0 fully saturated rings. The summed E-state index contributed by atoms with van der Waals surface area (Å²) in [5.41, 5.74) is 15.4. The summed E-state index contributed by atoms with van der Waals surface area (Å²) < 4.78 is 9.15. The highest BCUT2D eigenvalue weighted by molar-refractivity contribution is 6.16. The first-order valence-corrected chi connectivity index (χ1v) is 20.8. The van der Waals surface area contributed by atoms with Crippen LogP contribution in [0.4, 0.5) is 17.1 Å². The van der Waals surface area contributed by atoms with Crippen LogP contribution in [0.3, 0.4) is 0 Å². The number of hydrogen-bond acceptors (Lipinski definition) is 2. The smallest absolute Gasteiger partial charge is 0.143 e. The zero-order valence-electron chi connectivity index (χ0n) is 33.2. The second kappa shape index (κ2) is 14.3. The van der Waals surface area contributed by atoms with E-state index in [1.165, 1.54) is 49.3 Å². The van der Waals surface area contributed by atoms with Crippen molar-refractivity contribution in [2.45, 2.75) is 0 Å². The summed E-state index contributed by atoms with van der Waals surface area (Å²) in [5.74, 6) is 0. The van der Waals surface area contributed by atoms with Gasteiger partial charge >= 0.3 is 0 Å². The van der Waals surface area contributed by atoms with Crippen molar-refractivity contribution in [2.75, 3.05) is 4.90 Å². The van der Waals surface area contributed by atoms with Gasteiger partial charge in [-0.25, -0.2) is 0 Å². The van der Waals surface area contributed by atoms with E-state index in [1.807, 2.05) is 0 Å². The van der Waals surface area contributed by atoms with Crippen LogP contribution in [-0.2, 0) is 0 Å². The summed E-state index contributed by atoms with van der Waals surface area (Å²) in [6.45, 7) is 0. The van der Waals surface area contributed by atoms with Crippen LogP contribution in [-0.4, -0.2) is 4.57 Å². The lowest BCUT2D eigenvalue weighted by atomic mass is 9.98. The predicted octanol–water partition coefficient (Wildman–Crippen LogP) is 16.3. The van der Waals surface area contributed by atoms with E-state index in [9.17, 15) is 0 Å². The lowest BCUT2D eigenvalue weighted by molar-refractivity contribution is 0.670. The fraction of sp³-hybridized carbons (Fsp3) is 0. The van der Waals surface area contributed by atoms with Crippen molar-refractivity contribution in [3.8, 4) is 39.1 Å². The van der Waals surface area contributed by atoms with Gasteiger partial charge in [-0.1, -0.05) is 158 Å². The fourth-order valence-corrected chi connectivity index (χ4v) is 9.30. The molecule has 0 unspecified atom stereocenters. The Hall–Kier alpha value is -8.14. The average Bonchev–Trinajstić information content (AvgIpc) is 3.88. The van der Waals surface area contributed by atoms with Crippen molar-refractivity contribution in [1.29, 1.82) is 0 Å². The lowest BCUT2D eigenvalue weighted by Crippen LogP contribution is -2.09. The molecule has 0 amide bonds. The monoisotopic (exact) mass is 778 g/mol. The number of rotatable bonds is 7. The Morgan fingerprint density at radius 1 is 0.344 bits per heavy atom. The number of hydrogen-bond donors (Lipinski definition) is 0. The van der Waals surface area contributed by atoms with E-state index in [-0.39, 0.29) is 0 Å². The molecule has 0 spiro atoms. The van der Waals surface area contributed by atoms with Crippen LogP contribution in [0.5, 0.6) is 0 Å². The minimum Gasteiger partial charge on any atom is -0.455 e. The van der Waals surface area contributed by atoms with Gasteiger partial charge in [0.05, 0.1) is 11.0 Å². The third-order valence-corrected chi connectivity index (χ3v) is 12.2. The highest BCUT2D eigenvalue weighted by Gasteiger charge is 2.19. The molecule has 0 aliphatic heterocycles. The molecule has 0 atom stereocenters. The van der Waals surface area contributed by atoms with Crippen LogP contribution in [0.15, 0.2) is 235 Å². The molecule has 2 heterocycles. The number of para-hydroxylation sites is 3. The Morgan fingerprint density at radius 2 is 0.934 bits per heavy atom. The molecule has 0 N–H and O–H groups in total. The van der Waals surface area contributed by atoms with Crippen molar-refractivity contribution in [3.05, 3.63) is 231 Å². The molecule has 0 aliphatic carbocycles. The van der Waals surface area contributed by atoms with Gasteiger partial charge in [0.1, 0.15) is 11.2 Å². The number of anilines is 3. The largest absolute Gasteiger partial charge is 0.455 e. The van der Waals surface area contributed by atoms with Gasteiger partial charge < -0.3 is 13.9 Å². The molecule has 0 aliphatic rings.